The molecule has 0 radical (unpaired) electrons. The van der Waals surface area contributed by atoms with Crippen LogP contribution >= 0.6 is 0 Å². The van der Waals surface area contributed by atoms with Crippen LogP contribution in [-0.4, -0.2) is 13.1 Å². The topological polar surface area (TPSA) is 35.5 Å². The smallest absolute Gasteiger partial charge is 0.338 e. The van der Waals surface area contributed by atoms with Crippen molar-refractivity contribution in [1.29, 1.82) is 0 Å². The van der Waals surface area contributed by atoms with Crippen molar-refractivity contribution >= 4 is 5.97 Å². The lowest BCUT2D eigenvalue weighted by Crippen LogP contribution is -2.09. The lowest BCUT2D eigenvalue weighted by atomic mass is 10.3. The summed E-state index contributed by atoms with van der Waals surface area (Å²) in [6, 6.07) is 7.04. The molecule has 1 aromatic rings. The zero-order chi connectivity index (χ0) is 11.3. The molecule has 0 fully saturated rings. The Kier molecular flexibility index (Phi) is 3.92. The summed E-state index contributed by atoms with van der Waals surface area (Å²) in [6.07, 6.45) is 1.71. The first-order valence-electron chi connectivity index (χ1n) is 4.67. The van der Waals surface area contributed by atoms with E-state index in [1.807, 2.05) is 6.07 Å². The molecule has 0 aromatic heterocycles. The van der Waals surface area contributed by atoms with Gasteiger partial charge in [-0.15, -0.1) is 0 Å². The predicted molar refractivity (Wildman–Crippen MR) is 58.1 cm³/mol. The van der Waals surface area contributed by atoms with E-state index in [0.717, 1.165) is 0 Å². The first kappa shape index (κ1) is 11.3. The van der Waals surface area contributed by atoms with Crippen LogP contribution in [0.5, 0.6) is 11.5 Å². The van der Waals surface area contributed by atoms with E-state index in [9.17, 15) is 4.79 Å². The van der Waals surface area contributed by atoms with Crippen molar-refractivity contribution < 1.29 is 14.3 Å². The van der Waals surface area contributed by atoms with Crippen LogP contribution in [0.2, 0.25) is 0 Å². The molecule has 0 amide bonds. The second kappa shape index (κ2) is 5.20. The van der Waals surface area contributed by atoms with Crippen LogP contribution in [0.3, 0.4) is 0 Å². The molecule has 0 bridgehead atoms. The molecular weight excluding hydrogens is 192 g/mol. The van der Waals surface area contributed by atoms with Crippen LogP contribution in [0.1, 0.15) is 13.8 Å². The molecular formula is C12H14O3. The van der Waals surface area contributed by atoms with E-state index in [1.54, 1.807) is 38.1 Å². The third kappa shape index (κ3) is 2.84. The van der Waals surface area contributed by atoms with Crippen LogP contribution in [0.25, 0.3) is 0 Å². The summed E-state index contributed by atoms with van der Waals surface area (Å²) in [5.41, 5.74) is 0.570. The van der Waals surface area contributed by atoms with E-state index in [2.05, 4.69) is 0 Å². The highest BCUT2D eigenvalue weighted by molar-refractivity contribution is 5.89. The number of hydrogen-bond donors (Lipinski definition) is 0. The first-order valence-corrected chi connectivity index (χ1v) is 4.67. The highest BCUT2D eigenvalue weighted by Gasteiger charge is 2.09. The van der Waals surface area contributed by atoms with Gasteiger partial charge in [-0.2, -0.15) is 0 Å². The average molecular weight is 206 g/mol. The number of benzene rings is 1. The maximum Gasteiger partial charge on any atom is 0.338 e. The molecule has 0 aliphatic rings. The van der Waals surface area contributed by atoms with Gasteiger partial charge in [0.05, 0.1) is 7.11 Å². The Morgan fingerprint density at radius 1 is 1.27 bits per heavy atom. The van der Waals surface area contributed by atoms with Crippen molar-refractivity contribution in [3.05, 3.63) is 35.9 Å². The lowest BCUT2D eigenvalue weighted by molar-refractivity contribution is -0.130. The molecule has 0 aliphatic heterocycles. The molecule has 0 unspecified atom stereocenters. The molecule has 3 heteroatoms. The summed E-state index contributed by atoms with van der Waals surface area (Å²) >= 11 is 0. The zero-order valence-corrected chi connectivity index (χ0v) is 9.11. The predicted octanol–water partition coefficient (Wildman–Crippen LogP) is 2.57. The number of allylic oxidation sites excluding steroid dienone is 1. The summed E-state index contributed by atoms with van der Waals surface area (Å²) in [6.45, 7) is 3.50. The Hall–Kier alpha value is -1.77. The highest BCUT2D eigenvalue weighted by Crippen LogP contribution is 2.26. The third-order valence-corrected chi connectivity index (χ3v) is 2.03. The van der Waals surface area contributed by atoms with Crippen molar-refractivity contribution in [2.75, 3.05) is 7.11 Å². The van der Waals surface area contributed by atoms with Crippen LogP contribution in [0, 0.1) is 0 Å². The highest BCUT2D eigenvalue weighted by atomic mass is 16.6. The SMILES string of the molecule is C/C=C(/C)C(=O)Oc1ccccc1OC. The Morgan fingerprint density at radius 2 is 1.87 bits per heavy atom. The van der Waals surface area contributed by atoms with Gasteiger partial charge in [-0.3, -0.25) is 0 Å². The van der Waals surface area contributed by atoms with Crippen LogP contribution in [0.4, 0.5) is 0 Å². The second-order valence-corrected chi connectivity index (χ2v) is 3.01. The maximum atomic E-state index is 11.5. The van der Waals surface area contributed by atoms with E-state index < -0.39 is 0 Å². The van der Waals surface area contributed by atoms with Gasteiger partial charge in [0.25, 0.3) is 0 Å². The minimum Gasteiger partial charge on any atom is -0.493 e. The molecule has 15 heavy (non-hydrogen) atoms. The van der Waals surface area contributed by atoms with E-state index >= 15 is 0 Å². The summed E-state index contributed by atoms with van der Waals surface area (Å²) in [5, 5.41) is 0. The number of esters is 1. The fourth-order valence-electron chi connectivity index (χ4n) is 1.00. The van der Waals surface area contributed by atoms with Gasteiger partial charge in [0.2, 0.25) is 0 Å². The van der Waals surface area contributed by atoms with E-state index in [-0.39, 0.29) is 5.97 Å². The summed E-state index contributed by atoms with van der Waals surface area (Å²) in [7, 11) is 1.54. The van der Waals surface area contributed by atoms with E-state index in [0.29, 0.717) is 17.1 Å². The molecule has 0 atom stereocenters. The molecule has 3 nitrogen and oxygen atoms in total. The van der Waals surface area contributed by atoms with E-state index in [1.165, 1.54) is 7.11 Å². The quantitative estimate of drug-likeness (QED) is 0.433. The van der Waals surface area contributed by atoms with Gasteiger partial charge in [0.15, 0.2) is 11.5 Å². The molecule has 0 saturated carbocycles. The van der Waals surface area contributed by atoms with Gasteiger partial charge >= 0.3 is 5.97 Å². The van der Waals surface area contributed by atoms with Gasteiger partial charge in [0, 0.05) is 5.57 Å². The molecule has 1 aromatic carbocycles. The van der Waals surface area contributed by atoms with Gasteiger partial charge in [-0.25, -0.2) is 4.79 Å². The molecule has 80 valence electrons. The van der Waals surface area contributed by atoms with Gasteiger partial charge in [-0.05, 0) is 26.0 Å². The molecule has 0 N–H and O–H groups in total. The lowest BCUT2D eigenvalue weighted by Gasteiger charge is -2.08. The molecule has 0 saturated heterocycles. The molecule has 0 spiro atoms. The Balaban J connectivity index is 2.85. The first-order chi connectivity index (χ1) is 7.19. The zero-order valence-electron chi connectivity index (χ0n) is 9.11. The number of carbonyl (C=O) groups excluding carboxylic acids is 1. The summed E-state index contributed by atoms with van der Waals surface area (Å²) < 4.78 is 10.2. The number of ether oxygens (including phenoxy) is 2. The van der Waals surface area contributed by atoms with E-state index in [4.69, 9.17) is 9.47 Å². The van der Waals surface area contributed by atoms with Gasteiger partial charge in [0.1, 0.15) is 0 Å². The summed E-state index contributed by atoms with van der Waals surface area (Å²) in [4.78, 5) is 11.5. The Bertz CT molecular complexity index is 380. The second-order valence-electron chi connectivity index (χ2n) is 3.01. The minimum atomic E-state index is -0.359. The molecule has 0 heterocycles. The molecule has 1 rings (SSSR count). The molecule has 0 aliphatic carbocycles. The number of carbonyl (C=O) groups is 1. The number of para-hydroxylation sites is 2. The van der Waals surface area contributed by atoms with Crippen molar-refractivity contribution in [3.8, 4) is 11.5 Å². The number of hydrogen-bond acceptors (Lipinski definition) is 3. The van der Waals surface area contributed by atoms with Crippen molar-refractivity contribution in [2.45, 2.75) is 13.8 Å². The third-order valence-electron chi connectivity index (χ3n) is 2.03. The normalized spacial score (nSPS) is 11.0. The van der Waals surface area contributed by atoms with Crippen molar-refractivity contribution in [1.82, 2.24) is 0 Å². The van der Waals surface area contributed by atoms with Crippen LogP contribution < -0.4 is 9.47 Å². The summed E-state index contributed by atoms with van der Waals surface area (Å²) in [5.74, 6) is 0.628. The fourth-order valence-corrected chi connectivity index (χ4v) is 1.00. The van der Waals surface area contributed by atoms with Crippen LogP contribution in [0.15, 0.2) is 35.9 Å². The maximum absolute atomic E-state index is 11.5. The fraction of sp³-hybridized carbons (Fsp3) is 0.250. The number of methoxy groups -OCH3 is 1. The average Bonchev–Trinajstić information content (AvgIpc) is 2.28. The largest absolute Gasteiger partial charge is 0.493 e. The Morgan fingerprint density at radius 3 is 2.40 bits per heavy atom. The van der Waals surface area contributed by atoms with Gasteiger partial charge < -0.3 is 9.47 Å². The van der Waals surface area contributed by atoms with Crippen molar-refractivity contribution in [2.24, 2.45) is 0 Å². The van der Waals surface area contributed by atoms with Crippen molar-refractivity contribution in [3.63, 3.8) is 0 Å². The van der Waals surface area contributed by atoms with Crippen LogP contribution in [-0.2, 0) is 4.79 Å². The monoisotopic (exact) mass is 206 g/mol. The minimum absolute atomic E-state index is 0.359. The standard InChI is InChI=1S/C12H14O3/c1-4-9(2)12(13)15-11-8-6-5-7-10(11)14-3/h4-8H,1-3H3/b9-4-. The van der Waals surface area contributed by atoms with Gasteiger partial charge in [-0.1, -0.05) is 18.2 Å². The number of rotatable bonds is 3. The Labute approximate surface area is 89.3 Å².